The second-order valence-corrected chi connectivity index (χ2v) is 5.62. The Morgan fingerprint density at radius 2 is 2.07 bits per heavy atom. The van der Waals surface area contributed by atoms with Crippen molar-refractivity contribution in [2.24, 2.45) is 0 Å². The molecule has 1 fully saturated rings. The van der Waals surface area contributed by atoms with Crippen molar-refractivity contribution >= 4 is 14.9 Å². The zero-order valence-corrected chi connectivity index (χ0v) is 9.67. The van der Waals surface area contributed by atoms with Crippen LogP contribution in [0.2, 0.25) is 6.04 Å². The summed E-state index contributed by atoms with van der Waals surface area (Å²) in [4.78, 5) is 11.2. The van der Waals surface area contributed by atoms with E-state index in [0.717, 1.165) is 6.42 Å². The fourth-order valence-corrected chi connectivity index (χ4v) is 3.84. The molecule has 1 aliphatic rings. The van der Waals surface area contributed by atoms with Crippen LogP contribution in [0.5, 0.6) is 0 Å². The van der Waals surface area contributed by atoms with Crippen LogP contribution in [-0.2, 0) is 13.3 Å². The van der Waals surface area contributed by atoms with Crippen molar-refractivity contribution in [3.05, 3.63) is 0 Å². The number of hydrogen-bond acceptors (Lipinski definition) is 4. The summed E-state index contributed by atoms with van der Waals surface area (Å²) < 4.78 is 16.2. The molecule has 1 heterocycles. The first-order chi connectivity index (χ1) is 6.72. The summed E-state index contributed by atoms with van der Waals surface area (Å²) in [5.41, 5.74) is 0. The highest BCUT2D eigenvalue weighted by Gasteiger charge is 2.45. The fourth-order valence-electron chi connectivity index (χ4n) is 1.41. The standard InChI is InChI=1S/C8H17NO4Si/c1-3-11-14(12-4-2)7-5-6-9-8(10)13-14/h3-7H2,1-2H3,(H,9,10). The zero-order valence-electron chi connectivity index (χ0n) is 8.67. The van der Waals surface area contributed by atoms with Gasteiger partial charge in [-0.15, -0.1) is 0 Å². The summed E-state index contributed by atoms with van der Waals surface area (Å²) in [6.45, 7) is 5.41. The van der Waals surface area contributed by atoms with Crippen LogP contribution in [0.4, 0.5) is 4.79 Å². The quantitative estimate of drug-likeness (QED) is 0.720. The van der Waals surface area contributed by atoms with E-state index in [1.165, 1.54) is 0 Å². The van der Waals surface area contributed by atoms with Crippen molar-refractivity contribution < 1.29 is 18.1 Å². The number of rotatable bonds is 4. The minimum atomic E-state index is -2.71. The second-order valence-electron chi connectivity index (χ2n) is 2.97. The van der Waals surface area contributed by atoms with Gasteiger partial charge >= 0.3 is 14.9 Å². The molecule has 1 N–H and O–H groups in total. The van der Waals surface area contributed by atoms with Crippen LogP contribution in [0.1, 0.15) is 20.3 Å². The molecule has 5 nitrogen and oxygen atoms in total. The Kier molecular flexibility index (Phi) is 4.37. The smallest absolute Gasteiger partial charge is 0.456 e. The van der Waals surface area contributed by atoms with Gasteiger partial charge in [0.15, 0.2) is 0 Å². The van der Waals surface area contributed by atoms with Gasteiger partial charge in [0.25, 0.3) is 0 Å². The Labute approximate surface area is 85.1 Å². The molecule has 0 atom stereocenters. The van der Waals surface area contributed by atoms with E-state index in [0.29, 0.717) is 25.8 Å². The van der Waals surface area contributed by atoms with E-state index in [2.05, 4.69) is 5.32 Å². The largest absolute Gasteiger partial charge is 0.569 e. The molecule has 0 aliphatic carbocycles. The predicted molar refractivity (Wildman–Crippen MR) is 52.9 cm³/mol. The average molecular weight is 219 g/mol. The number of nitrogens with one attached hydrogen (secondary N) is 1. The molecule has 6 heteroatoms. The fraction of sp³-hybridized carbons (Fsp3) is 0.875. The summed E-state index contributed by atoms with van der Waals surface area (Å²) >= 11 is 0. The highest BCUT2D eigenvalue weighted by Crippen LogP contribution is 2.19. The summed E-state index contributed by atoms with van der Waals surface area (Å²) in [6, 6.07) is 0.702. The third-order valence-electron chi connectivity index (χ3n) is 1.91. The molecule has 0 saturated carbocycles. The van der Waals surface area contributed by atoms with Gasteiger partial charge in [-0.1, -0.05) is 0 Å². The van der Waals surface area contributed by atoms with Crippen LogP contribution >= 0.6 is 0 Å². The molecule has 0 bridgehead atoms. The lowest BCUT2D eigenvalue weighted by Crippen LogP contribution is -2.47. The zero-order chi connectivity index (χ0) is 10.4. The first-order valence-corrected chi connectivity index (χ1v) is 6.90. The molecule has 1 amide bonds. The van der Waals surface area contributed by atoms with Gasteiger partial charge in [-0.05, 0) is 20.3 Å². The minimum Gasteiger partial charge on any atom is -0.456 e. The van der Waals surface area contributed by atoms with Crippen molar-refractivity contribution in [2.75, 3.05) is 19.8 Å². The van der Waals surface area contributed by atoms with E-state index < -0.39 is 14.9 Å². The maximum atomic E-state index is 11.2. The third kappa shape index (κ3) is 2.97. The molecule has 1 saturated heterocycles. The molecule has 14 heavy (non-hydrogen) atoms. The Hall–Kier alpha value is -0.593. The van der Waals surface area contributed by atoms with Crippen molar-refractivity contribution in [2.45, 2.75) is 26.3 Å². The van der Waals surface area contributed by atoms with E-state index >= 15 is 0 Å². The lowest BCUT2D eigenvalue weighted by molar-refractivity contribution is 0.0913. The van der Waals surface area contributed by atoms with Crippen LogP contribution in [0.25, 0.3) is 0 Å². The van der Waals surface area contributed by atoms with Gasteiger partial charge in [-0.3, -0.25) is 0 Å². The summed E-state index contributed by atoms with van der Waals surface area (Å²) in [5, 5.41) is 2.63. The maximum absolute atomic E-state index is 11.2. The van der Waals surface area contributed by atoms with Gasteiger partial charge in [-0.25, -0.2) is 4.79 Å². The highest BCUT2D eigenvalue weighted by molar-refractivity contribution is 6.62. The normalized spacial score (nSPS) is 20.9. The van der Waals surface area contributed by atoms with Gasteiger partial charge in [0.05, 0.1) is 0 Å². The molecule has 0 aromatic heterocycles. The number of amides is 1. The molecule has 0 unspecified atom stereocenters. The van der Waals surface area contributed by atoms with Crippen molar-refractivity contribution in [1.29, 1.82) is 0 Å². The first kappa shape index (κ1) is 11.5. The van der Waals surface area contributed by atoms with E-state index in [-0.39, 0.29) is 0 Å². The number of hydrogen-bond donors (Lipinski definition) is 1. The van der Waals surface area contributed by atoms with Crippen molar-refractivity contribution in [3.63, 3.8) is 0 Å². The SMILES string of the molecule is CCO[Si]1(OCC)CCCNC(=O)O1. The molecular formula is C8H17NO4Si. The number of carbonyl (C=O) groups excluding carboxylic acids is 1. The minimum absolute atomic E-state index is 0.420. The topological polar surface area (TPSA) is 56.8 Å². The Bertz CT molecular complexity index is 194. The van der Waals surface area contributed by atoms with Gasteiger partial charge in [-0.2, -0.15) is 0 Å². The van der Waals surface area contributed by atoms with Crippen LogP contribution in [0.3, 0.4) is 0 Å². The maximum Gasteiger partial charge on any atom is 0.569 e. The van der Waals surface area contributed by atoms with Crippen molar-refractivity contribution in [3.8, 4) is 0 Å². The van der Waals surface area contributed by atoms with E-state index in [1.54, 1.807) is 0 Å². The summed E-state index contributed by atoms with van der Waals surface area (Å²) in [5.74, 6) is 0. The predicted octanol–water partition coefficient (Wildman–Crippen LogP) is 1.13. The van der Waals surface area contributed by atoms with E-state index in [9.17, 15) is 4.79 Å². The number of carbonyl (C=O) groups is 1. The summed E-state index contributed by atoms with van der Waals surface area (Å²) in [6.07, 6.45) is 0.425. The Balaban J connectivity index is 2.66. The van der Waals surface area contributed by atoms with E-state index in [4.69, 9.17) is 13.3 Å². The van der Waals surface area contributed by atoms with Gasteiger partial charge < -0.3 is 18.6 Å². The van der Waals surface area contributed by atoms with Gasteiger partial charge in [0, 0.05) is 25.8 Å². The average Bonchev–Trinajstić information content (AvgIpc) is 2.29. The van der Waals surface area contributed by atoms with Crippen LogP contribution in [-0.4, -0.2) is 34.7 Å². The molecule has 82 valence electrons. The third-order valence-corrected chi connectivity index (χ3v) is 4.83. The Morgan fingerprint density at radius 3 is 2.64 bits per heavy atom. The van der Waals surface area contributed by atoms with Crippen LogP contribution < -0.4 is 5.32 Å². The van der Waals surface area contributed by atoms with Crippen molar-refractivity contribution in [1.82, 2.24) is 5.32 Å². The molecule has 0 radical (unpaired) electrons. The van der Waals surface area contributed by atoms with E-state index in [1.807, 2.05) is 13.8 Å². The monoisotopic (exact) mass is 219 g/mol. The van der Waals surface area contributed by atoms with Gasteiger partial charge in [0.1, 0.15) is 0 Å². The van der Waals surface area contributed by atoms with Gasteiger partial charge in [0.2, 0.25) is 0 Å². The molecule has 0 aromatic rings. The molecule has 0 aromatic carbocycles. The molecular weight excluding hydrogens is 202 g/mol. The second kappa shape index (κ2) is 5.33. The first-order valence-electron chi connectivity index (χ1n) is 4.97. The highest BCUT2D eigenvalue weighted by atomic mass is 28.4. The summed E-state index contributed by atoms with van der Waals surface area (Å²) in [7, 11) is -2.71. The molecule has 1 rings (SSSR count). The molecule has 1 aliphatic heterocycles. The lowest BCUT2D eigenvalue weighted by Gasteiger charge is -2.25. The lowest BCUT2D eigenvalue weighted by atomic mass is 10.5. The van der Waals surface area contributed by atoms with Crippen LogP contribution in [0, 0.1) is 0 Å². The Morgan fingerprint density at radius 1 is 1.43 bits per heavy atom. The van der Waals surface area contributed by atoms with Crippen LogP contribution in [0.15, 0.2) is 0 Å². The molecule has 0 spiro atoms.